The molecule has 8 nitrogen and oxygen atoms in total. The van der Waals surface area contributed by atoms with Gasteiger partial charge in [0, 0.05) is 13.1 Å². The zero-order chi connectivity index (χ0) is 17.4. The van der Waals surface area contributed by atoms with E-state index in [4.69, 9.17) is 5.73 Å². The van der Waals surface area contributed by atoms with E-state index in [9.17, 15) is 14.4 Å². The Kier molecular flexibility index (Phi) is 7.53. The van der Waals surface area contributed by atoms with Crippen molar-refractivity contribution in [1.82, 2.24) is 9.55 Å². The average Bonchev–Trinajstić information content (AvgIpc) is 2.49. The fraction of sp³-hybridized carbons (Fsp3) is 0.667. The molecule has 0 aliphatic heterocycles. The molecule has 0 fully saturated rings. The van der Waals surface area contributed by atoms with Crippen LogP contribution in [-0.4, -0.2) is 28.5 Å². The SMILES string of the molecule is CCCCn1c(NC(=O)CN)c(NCCC(C)C)c(=O)[nH]c1=O. The Labute approximate surface area is 135 Å². The zero-order valence-electron chi connectivity index (χ0n) is 14.1. The summed E-state index contributed by atoms with van der Waals surface area (Å²) in [5.74, 6) is 0.202. The van der Waals surface area contributed by atoms with E-state index < -0.39 is 17.2 Å². The summed E-state index contributed by atoms with van der Waals surface area (Å²) in [6.45, 7) is 6.90. The molecule has 0 aromatic carbocycles. The Morgan fingerprint density at radius 1 is 1.35 bits per heavy atom. The van der Waals surface area contributed by atoms with Crippen LogP contribution in [0.25, 0.3) is 0 Å². The maximum atomic E-state index is 12.1. The first kappa shape index (κ1) is 19.0. The Morgan fingerprint density at radius 2 is 2.04 bits per heavy atom. The number of amides is 1. The van der Waals surface area contributed by atoms with Crippen LogP contribution in [0, 0.1) is 5.92 Å². The van der Waals surface area contributed by atoms with Crippen molar-refractivity contribution in [2.75, 3.05) is 23.7 Å². The summed E-state index contributed by atoms with van der Waals surface area (Å²) in [7, 11) is 0. The van der Waals surface area contributed by atoms with Gasteiger partial charge in [-0.2, -0.15) is 0 Å². The van der Waals surface area contributed by atoms with Gasteiger partial charge >= 0.3 is 5.69 Å². The van der Waals surface area contributed by atoms with Gasteiger partial charge in [-0.15, -0.1) is 0 Å². The summed E-state index contributed by atoms with van der Waals surface area (Å²) in [6, 6.07) is 0. The molecule has 1 aromatic rings. The summed E-state index contributed by atoms with van der Waals surface area (Å²) in [5, 5.41) is 5.60. The van der Waals surface area contributed by atoms with Crippen LogP contribution in [0.15, 0.2) is 9.59 Å². The van der Waals surface area contributed by atoms with Crippen LogP contribution in [0.1, 0.15) is 40.0 Å². The third kappa shape index (κ3) is 5.55. The maximum Gasteiger partial charge on any atom is 0.330 e. The second-order valence-corrected chi connectivity index (χ2v) is 5.85. The third-order valence-electron chi connectivity index (χ3n) is 3.40. The smallest absolute Gasteiger partial charge is 0.330 e. The van der Waals surface area contributed by atoms with Crippen molar-refractivity contribution in [2.24, 2.45) is 11.7 Å². The number of hydrogen-bond acceptors (Lipinski definition) is 5. The minimum Gasteiger partial charge on any atom is -0.378 e. The van der Waals surface area contributed by atoms with Crippen molar-refractivity contribution >= 4 is 17.4 Å². The molecule has 0 aliphatic carbocycles. The zero-order valence-corrected chi connectivity index (χ0v) is 14.1. The topological polar surface area (TPSA) is 122 Å². The van der Waals surface area contributed by atoms with Gasteiger partial charge in [0.1, 0.15) is 11.5 Å². The van der Waals surface area contributed by atoms with Gasteiger partial charge in [-0.05, 0) is 18.8 Å². The van der Waals surface area contributed by atoms with Crippen molar-refractivity contribution in [3.05, 3.63) is 20.8 Å². The van der Waals surface area contributed by atoms with Gasteiger partial charge in [-0.1, -0.05) is 27.2 Å². The monoisotopic (exact) mass is 325 g/mol. The molecule has 0 unspecified atom stereocenters. The molecule has 0 bridgehead atoms. The van der Waals surface area contributed by atoms with Gasteiger partial charge in [-0.3, -0.25) is 19.1 Å². The number of carbonyl (C=O) groups excluding carboxylic acids is 1. The second-order valence-electron chi connectivity index (χ2n) is 5.85. The van der Waals surface area contributed by atoms with Gasteiger partial charge < -0.3 is 16.4 Å². The fourth-order valence-corrected chi connectivity index (χ4v) is 2.06. The number of rotatable bonds is 9. The number of nitrogens with two attached hydrogens (primary N) is 1. The number of carbonyl (C=O) groups is 1. The summed E-state index contributed by atoms with van der Waals surface area (Å²) in [4.78, 5) is 38.2. The lowest BCUT2D eigenvalue weighted by atomic mass is 10.1. The Balaban J connectivity index is 3.25. The number of nitrogens with zero attached hydrogens (tertiary/aromatic N) is 1. The van der Waals surface area contributed by atoms with Crippen LogP contribution in [-0.2, 0) is 11.3 Å². The van der Waals surface area contributed by atoms with Gasteiger partial charge in [0.05, 0.1) is 6.54 Å². The van der Waals surface area contributed by atoms with Crippen LogP contribution in [0.4, 0.5) is 11.5 Å². The standard InChI is InChI=1S/C15H27N5O3/c1-4-5-8-20-13(18-11(21)9-16)12(14(22)19-15(20)23)17-7-6-10(2)3/h10,17H,4-9,16H2,1-3H3,(H,18,21)(H,19,22,23). The predicted octanol–water partition coefficient (Wildman–Crippen LogP) is 0.692. The van der Waals surface area contributed by atoms with Crippen LogP contribution in [0.5, 0.6) is 0 Å². The molecular weight excluding hydrogens is 298 g/mol. The molecule has 0 saturated heterocycles. The Hall–Kier alpha value is -2.09. The number of aromatic nitrogens is 2. The van der Waals surface area contributed by atoms with Gasteiger partial charge in [0.25, 0.3) is 5.56 Å². The molecule has 5 N–H and O–H groups in total. The highest BCUT2D eigenvalue weighted by Crippen LogP contribution is 2.16. The van der Waals surface area contributed by atoms with Crippen molar-refractivity contribution < 1.29 is 4.79 Å². The minimum atomic E-state index is -0.543. The predicted molar refractivity (Wildman–Crippen MR) is 91.9 cm³/mol. The molecule has 1 amide bonds. The molecule has 23 heavy (non-hydrogen) atoms. The van der Waals surface area contributed by atoms with E-state index in [0.29, 0.717) is 19.0 Å². The first-order chi connectivity index (χ1) is 10.9. The first-order valence-corrected chi connectivity index (χ1v) is 8.01. The Morgan fingerprint density at radius 3 is 2.61 bits per heavy atom. The molecule has 0 spiro atoms. The Bertz CT molecular complexity index is 633. The average molecular weight is 325 g/mol. The molecule has 0 atom stereocenters. The molecular formula is C15H27N5O3. The first-order valence-electron chi connectivity index (χ1n) is 8.01. The van der Waals surface area contributed by atoms with Crippen molar-refractivity contribution in [2.45, 2.75) is 46.6 Å². The van der Waals surface area contributed by atoms with Crippen LogP contribution >= 0.6 is 0 Å². The van der Waals surface area contributed by atoms with Gasteiger partial charge in [0.15, 0.2) is 0 Å². The number of unbranched alkanes of at least 4 members (excludes halogenated alkanes) is 1. The lowest BCUT2D eigenvalue weighted by Gasteiger charge is -2.17. The van der Waals surface area contributed by atoms with Crippen molar-refractivity contribution in [3.63, 3.8) is 0 Å². The molecule has 0 radical (unpaired) electrons. The van der Waals surface area contributed by atoms with E-state index >= 15 is 0 Å². The van der Waals surface area contributed by atoms with E-state index in [2.05, 4.69) is 29.5 Å². The third-order valence-corrected chi connectivity index (χ3v) is 3.40. The highest BCUT2D eigenvalue weighted by atomic mass is 16.2. The molecule has 130 valence electrons. The molecule has 0 saturated carbocycles. The van der Waals surface area contributed by atoms with E-state index in [1.165, 1.54) is 4.57 Å². The van der Waals surface area contributed by atoms with Crippen molar-refractivity contribution in [3.8, 4) is 0 Å². The molecule has 0 aliphatic rings. The summed E-state index contributed by atoms with van der Waals surface area (Å²) < 4.78 is 1.37. The summed E-state index contributed by atoms with van der Waals surface area (Å²) in [6.07, 6.45) is 2.49. The minimum absolute atomic E-state index is 0.186. The van der Waals surface area contributed by atoms with E-state index in [1.807, 2.05) is 6.92 Å². The number of nitrogens with one attached hydrogen (secondary N) is 3. The molecule has 1 aromatic heterocycles. The number of hydrogen-bond donors (Lipinski definition) is 4. The second kappa shape index (κ2) is 9.14. The van der Waals surface area contributed by atoms with E-state index in [0.717, 1.165) is 19.3 Å². The summed E-state index contributed by atoms with van der Waals surface area (Å²) in [5.41, 5.74) is 4.45. The maximum absolute atomic E-state index is 12.1. The van der Waals surface area contributed by atoms with E-state index in [-0.39, 0.29) is 18.1 Å². The summed E-state index contributed by atoms with van der Waals surface area (Å²) >= 11 is 0. The molecule has 1 heterocycles. The van der Waals surface area contributed by atoms with Crippen LogP contribution in [0.2, 0.25) is 0 Å². The fourth-order valence-electron chi connectivity index (χ4n) is 2.06. The lowest BCUT2D eigenvalue weighted by molar-refractivity contribution is -0.114. The highest BCUT2D eigenvalue weighted by Gasteiger charge is 2.16. The molecule has 1 rings (SSSR count). The van der Waals surface area contributed by atoms with Crippen LogP contribution < -0.4 is 27.6 Å². The highest BCUT2D eigenvalue weighted by molar-refractivity contribution is 5.94. The molecule has 8 heteroatoms. The quantitative estimate of drug-likeness (QED) is 0.532. The van der Waals surface area contributed by atoms with Crippen LogP contribution in [0.3, 0.4) is 0 Å². The van der Waals surface area contributed by atoms with Gasteiger partial charge in [-0.25, -0.2) is 4.79 Å². The number of anilines is 2. The van der Waals surface area contributed by atoms with Gasteiger partial charge in [0.2, 0.25) is 5.91 Å². The largest absolute Gasteiger partial charge is 0.378 e. The number of aromatic amines is 1. The normalized spacial score (nSPS) is 10.8. The van der Waals surface area contributed by atoms with Crippen molar-refractivity contribution in [1.29, 1.82) is 0 Å². The lowest BCUT2D eigenvalue weighted by Crippen LogP contribution is -2.36. The van der Waals surface area contributed by atoms with E-state index in [1.54, 1.807) is 0 Å². The number of H-pyrrole nitrogens is 1.